The maximum atomic E-state index is 12.5. The number of ether oxygens (including phenoxy) is 1. The maximum absolute atomic E-state index is 12.5. The van der Waals surface area contributed by atoms with Crippen LogP contribution in [0.25, 0.3) is 5.69 Å². The number of allylic oxidation sites excluding steroid dienone is 1. The van der Waals surface area contributed by atoms with Crippen molar-refractivity contribution in [2.45, 2.75) is 38.6 Å². The summed E-state index contributed by atoms with van der Waals surface area (Å²) in [6.45, 7) is 0.543. The number of carbonyl (C=O) groups is 2. The number of aryl methyl sites for hydroxylation is 1. The fraction of sp³-hybridized carbons (Fsp3) is 0.292. The molecule has 0 bridgehead atoms. The van der Waals surface area contributed by atoms with E-state index >= 15 is 0 Å². The van der Waals surface area contributed by atoms with Crippen molar-refractivity contribution in [3.05, 3.63) is 66.5 Å². The summed E-state index contributed by atoms with van der Waals surface area (Å²) >= 11 is 0. The first-order valence-corrected chi connectivity index (χ1v) is 11.7. The Morgan fingerprint density at radius 3 is 2.77 bits per heavy atom. The Kier molecular flexibility index (Phi) is 9.67. The molecule has 0 atom stereocenters. The van der Waals surface area contributed by atoms with E-state index < -0.39 is 12.3 Å². The van der Waals surface area contributed by atoms with Crippen molar-refractivity contribution >= 4 is 23.4 Å². The van der Waals surface area contributed by atoms with Gasteiger partial charge < -0.3 is 25.8 Å². The smallest absolute Gasteiger partial charge is 0.406 e. The molecule has 3 aromatic rings. The summed E-state index contributed by atoms with van der Waals surface area (Å²) in [6, 6.07) is 5.32. The molecule has 2 aromatic heterocycles. The molecule has 4 N–H and O–H groups in total. The highest BCUT2D eigenvalue weighted by Crippen LogP contribution is 2.24. The van der Waals surface area contributed by atoms with Gasteiger partial charge in [-0.1, -0.05) is 11.3 Å². The standard InChI is InChI=1S/C24H26F3N9O3/c1-30-23(38)20-14-36(34-33-20)10-3-2-5-16(28)8-9-21(29)32-22(37)11-17-13-35(15-31-17)18-6-4-7-19(12-18)39-24(25,26)27/h4,6-9,12-15,28H,2-3,5,10-11H2,1H3,(H,30,38)(H2,29,32,37)/b9-8-,28-16?. The molecule has 0 saturated carbocycles. The average molecular weight is 546 g/mol. The fourth-order valence-corrected chi connectivity index (χ4v) is 3.31. The molecule has 206 valence electrons. The first-order valence-electron chi connectivity index (χ1n) is 11.7. The Bertz CT molecular complexity index is 1380. The number of unbranched alkanes of at least 4 members (excludes halogenated alkanes) is 1. The van der Waals surface area contributed by atoms with Crippen LogP contribution in [0.1, 0.15) is 35.4 Å². The molecule has 3 rings (SSSR count). The van der Waals surface area contributed by atoms with Gasteiger partial charge in [0.2, 0.25) is 0 Å². The Morgan fingerprint density at radius 1 is 1.23 bits per heavy atom. The molecule has 0 saturated heterocycles. The van der Waals surface area contributed by atoms with E-state index in [0.29, 0.717) is 42.9 Å². The van der Waals surface area contributed by atoms with Crippen molar-refractivity contribution < 1.29 is 27.5 Å². The fourth-order valence-electron chi connectivity index (χ4n) is 3.31. The Labute approximate surface area is 220 Å². The highest BCUT2D eigenvalue weighted by Gasteiger charge is 2.31. The van der Waals surface area contributed by atoms with Gasteiger partial charge in [-0.2, -0.15) is 4.99 Å². The highest BCUT2D eigenvalue weighted by atomic mass is 19.4. The van der Waals surface area contributed by atoms with Crippen LogP contribution in [0.2, 0.25) is 0 Å². The molecular formula is C24H26F3N9O3. The van der Waals surface area contributed by atoms with Crippen LogP contribution in [0.15, 0.2) is 60.1 Å². The summed E-state index contributed by atoms with van der Waals surface area (Å²) < 4.78 is 44.3. The molecule has 0 fully saturated rings. The van der Waals surface area contributed by atoms with Gasteiger partial charge in [0.15, 0.2) is 5.69 Å². The van der Waals surface area contributed by atoms with Crippen LogP contribution in [0, 0.1) is 5.41 Å². The number of nitrogens with one attached hydrogen (secondary N) is 2. The predicted molar refractivity (Wildman–Crippen MR) is 135 cm³/mol. The molecule has 0 unspecified atom stereocenters. The molecule has 0 aliphatic carbocycles. The number of nitrogens with zero attached hydrogens (tertiary/aromatic N) is 6. The van der Waals surface area contributed by atoms with Crippen molar-refractivity contribution in [2.24, 2.45) is 10.7 Å². The molecule has 39 heavy (non-hydrogen) atoms. The van der Waals surface area contributed by atoms with Crippen molar-refractivity contribution in [3.8, 4) is 11.4 Å². The van der Waals surface area contributed by atoms with Crippen LogP contribution in [-0.2, 0) is 17.8 Å². The molecule has 2 amide bonds. The number of hydrogen-bond acceptors (Lipinski definition) is 7. The summed E-state index contributed by atoms with van der Waals surface area (Å²) in [4.78, 5) is 31.6. The van der Waals surface area contributed by atoms with E-state index in [1.165, 1.54) is 54.5 Å². The molecule has 2 heterocycles. The normalized spacial score (nSPS) is 12.1. The van der Waals surface area contributed by atoms with Gasteiger partial charge in [-0.3, -0.25) is 14.3 Å². The summed E-state index contributed by atoms with van der Waals surface area (Å²) in [5.41, 5.74) is 7.00. The number of benzene rings is 1. The number of hydrogen-bond donors (Lipinski definition) is 3. The zero-order valence-corrected chi connectivity index (χ0v) is 20.9. The highest BCUT2D eigenvalue weighted by molar-refractivity contribution is 6.04. The van der Waals surface area contributed by atoms with E-state index in [1.54, 1.807) is 16.9 Å². The van der Waals surface area contributed by atoms with Crippen molar-refractivity contribution in [1.82, 2.24) is 29.9 Å². The Balaban J connectivity index is 1.44. The number of nitrogens with two attached hydrogens (primary N) is 1. The summed E-state index contributed by atoms with van der Waals surface area (Å²) in [5.74, 6) is -1.35. The molecule has 15 heteroatoms. The van der Waals surface area contributed by atoms with E-state index in [9.17, 15) is 22.8 Å². The van der Waals surface area contributed by atoms with Crippen molar-refractivity contribution in [2.75, 3.05) is 7.05 Å². The molecular weight excluding hydrogens is 519 g/mol. The Morgan fingerprint density at radius 2 is 2.03 bits per heavy atom. The molecule has 0 radical (unpaired) electrons. The van der Waals surface area contributed by atoms with Crippen molar-refractivity contribution in [3.63, 3.8) is 0 Å². The first kappa shape index (κ1) is 28.7. The zero-order valence-electron chi connectivity index (χ0n) is 20.9. The second kappa shape index (κ2) is 13.1. The lowest BCUT2D eigenvalue weighted by Gasteiger charge is -2.10. The first-order chi connectivity index (χ1) is 18.5. The number of rotatable bonds is 12. The van der Waals surface area contributed by atoms with Crippen LogP contribution < -0.4 is 15.8 Å². The summed E-state index contributed by atoms with van der Waals surface area (Å²) in [6.07, 6.45) is 4.07. The molecule has 12 nitrogen and oxygen atoms in total. The van der Waals surface area contributed by atoms with E-state index in [4.69, 9.17) is 11.1 Å². The molecule has 0 aliphatic heterocycles. The number of alkyl halides is 3. The topological polar surface area (TPSA) is 166 Å². The average Bonchev–Trinajstić information content (AvgIpc) is 3.54. The van der Waals surface area contributed by atoms with E-state index in [1.807, 2.05) is 0 Å². The predicted octanol–water partition coefficient (Wildman–Crippen LogP) is 2.59. The van der Waals surface area contributed by atoms with E-state index in [-0.39, 0.29) is 29.6 Å². The number of aromatic nitrogens is 5. The van der Waals surface area contributed by atoms with Crippen LogP contribution >= 0.6 is 0 Å². The lowest BCUT2D eigenvalue weighted by Crippen LogP contribution is -2.18. The summed E-state index contributed by atoms with van der Waals surface area (Å²) in [7, 11) is 1.51. The lowest BCUT2D eigenvalue weighted by molar-refractivity contribution is -0.274. The van der Waals surface area contributed by atoms with Crippen LogP contribution in [-0.4, -0.2) is 61.3 Å². The number of halogens is 3. The van der Waals surface area contributed by atoms with Gasteiger partial charge in [0.05, 0.1) is 30.3 Å². The third kappa shape index (κ3) is 9.53. The monoisotopic (exact) mass is 545 g/mol. The molecule has 1 aromatic carbocycles. The second-order valence-corrected chi connectivity index (χ2v) is 8.19. The quantitative estimate of drug-likeness (QED) is 0.179. The lowest BCUT2D eigenvalue weighted by atomic mass is 10.1. The van der Waals surface area contributed by atoms with Gasteiger partial charge >= 0.3 is 6.36 Å². The SMILES string of the molecule is CNC(=O)c1cn(CCCCC(=N)/C=C\C(N)=NC(=O)Cc2cn(-c3cccc(OC(F)(F)F)c3)cn2)nn1. The maximum Gasteiger partial charge on any atom is 0.573 e. The molecule has 0 spiro atoms. The van der Waals surface area contributed by atoms with Gasteiger partial charge in [-0.15, -0.1) is 18.3 Å². The molecule has 0 aliphatic rings. The van der Waals surface area contributed by atoms with Gasteiger partial charge in [-0.25, -0.2) is 4.98 Å². The minimum atomic E-state index is -4.81. The van der Waals surface area contributed by atoms with Crippen molar-refractivity contribution in [1.29, 1.82) is 5.41 Å². The van der Waals surface area contributed by atoms with E-state index in [2.05, 4.69) is 30.3 Å². The number of amidine groups is 1. The van der Waals surface area contributed by atoms with Crippen LogP contribution in [0.3, 0.4) is 0 Å². The number of imidazole rings is 1. The minimum Gasteiger partial charge on any atom is -0.406 e. The Hall–Kier alpha value is -4.82. The minimum absolute atomic E-state index is 0.0782. The number of amides is 2. The number of aliphatic imine (C=N–C) groups is 1. The zero-order chi connectivity index (χ0) is 28.4. The van der Waals surface area contributed by atoms with Gasteiger partial charge in [-0.05, 0) is 43.5 Å². The summed E-state index contributed by atoms with van der Waals surface area (Å²) in [5, 5.41) is 18.1. The van der Waals surface area contributed by atoms with Gasteiger partial charge in [0.1, 0.15) is 11.6 Å². The van der Waals surface area contributed by atoms with Gasteiger partial charge in [0.25, 0.3) is 11.8 Å². The van der Waals surface area contributed by atoms with Gasteiger partial charge in [0, 0.05) is 31.6 Å². The number of carbonyl (C=O) groups excluding carboxylic acids is 2. The van der Waals surface area contributed by atoms with E-state index in [0.717, 1.165) is 0 Å². The van der Waals surface area contributed by atoms with Crippen LogP contribution in [0.4, 0.5) is 13.2 Å². The second-order valence-electron chi connectivity index (χ2n) is 8.19. The van der Waals surface area contributed by atoms with Crippen LogP contribution in [0.5, 0.6) is 5.75 Å². The third-order valence-corrected chi connectivity index (χ3v) is 5.11. The largest absolute Gasteiger partial charge is 0.573 e. The third-order valence-electron chi connectivity index (χ3n) is 5.11.